The van der Waals surface area contributed by atoms with E-state index in [1.807, 2.05) is 4.90 Å². The van der Waals surface area contributed by atoms with Gasteiger partial charge in [-0.2, -0.15) is 13.2 Å². The number of benzene rings is 2. The van der Waals surface area contributed by atoms with Crippen LogP contribution in [0.3, 0.4) is 0 Å². The fourth-order valence-corrected chi connectivity index (χ4v) is 3.39. The summed E-state index contributed by atoms with van der Waals surface area (Å²) < 4.78 is 38.3. The van der Waals surface area contributed by atoms with Crippen LogP contribution in [0.2, 0.25) is 0 Å². The minimum atomic E-state index is -4.41. The molecule has 25 heavy (non-hydrogen) atoms. The van der Waals surface area contributed by atoms with Crippen LogP contribution in [0.4, 0.5) is 18.9 Å². The minimum absolute atomic E-state index is 0.0334. The molecule has 0 fully saturated rings. The second-order valence-corrected chi connectivity index (χ2v) is 6.06. The summed E-state index contributed by atoms with van der Waals surface area (Å²) in [7, 11) is 0. The number of para-hydroxylation sites is 1. The van der Waals surface area contributed by atoms with Gasteiger partial charge in [0.1, 0.15) is 6.17 Å². The molecule has 1 amide bonds. The predicted molar refractivity (Wildman–Crippen MR) is 84.4 cm³/mol. The Kier molecular flexibility index (Phi) is 3.35. The van der Waals surface area contributed by atoms with Gasteiger partial charge in [0, 0.05) is 18.5 Å². The van der Waals surface area contributed by atoms with E-state index < -0.39 is 17.9 Å². The number of carbonyl (C=O) groups excluding carboxylic acids is 2. The normalized spacial score (nSPS) is 19.5. The number of hydrogen-bond donors (Lipinski definition) is 1. The number of Topliss-reactive ketones (excluding diaryl/α,β-unsaturated/α-hetero) is 1. The Bertz CT molecular complexity index is 861. The number of rotatable bonds is 1. The minimum Gasteiger partial charge on any atom is -0.346 e. The molecule has 128 valence electrons. The first-order valence-corrected chi connectivity index (χ1v) is 7.77. The first kappa shape index (κ1) is 15.7. The van der Waals surface area contributed by atoms with E-state index in [2.05, 4.69) is 5.32 Å². The summed E-state index contributed by atoms with van der Waals surface area (Å²) in [5, 5.41) is 2.82. The zero-order valence-corrected chi connectivity index (χ0v) is 12.9. The molecular weight excluding hydrogens is 333 g/mol. The van der Waals surface area contributed by atoms with Gasteiger partial charge in [0.05, 0.1) is 16.8 Å². The molecule has 4 rings (SSSR count). The molecule has 0 aromatic heterocycles. The van der Waals surface area contributed by atoms with Gasteiger partial charge in [0.2, 0.25) is 0 Å². The number of hydrogen-bond acceptors (Lipinski definition) is 3. The summed E-state index contributed by atoms with van der Waals surface area (Å²) in [6.45, 7) is 0.398. The molecule has 0 aliphatic carbocycles. The van der Waals surface area contributed by atoms with Crippen LogP contribution in [0.15, 0.2) is 42.5 Å². The average Bonchev–Trinajstić information content (AvgIpc) is 2.59. The van der Waals surface area contributed by atoms with Crippen molar-refractivity contribution in [2.24, 2.45) is 0 Å². The largest absolute Gasteiger partial charge is 0.416 e. The maximum absolute atomic E-state index is 12.8. The molecule has 1 atom stereocenters. The van der Waals surface area contributed by atoms with Gasteiger partial charge in [-0.1, -0.05) is 18.2 Å². The lowest BCUT2D eigenvalue weighted by Gasteiger charge is -2.42. The second-order valence-electron chi connectivity index (χ2n) is 6.06. The highest BCUT2D eigenvalue weighted by molar-refractivity contribution is 6.11. The Labute approximate surface area is 141 Å². The summed E-state index contributed by atoms with van der Waals surface area (Å²) in [4.78, 5) is 26.4. The van der Waals surface area contributed by atoms with Gasteiger partial charge in [-0.05, 0) is 29.8 Å². The van der Waals surface area contributed by atoms with Crippen LogP contribution < -0.4 is 10.2 Å². The number of nitrogens with zero attached hydrogens (tertiary/aromatic N) is 1. The molecule has 0 radical (unpaired) electrons. The number of alkyl halides is 3. The van der Waals surface area contributed by atoms with Crippen LogP contribution in [0, 0.1) is 0 Å². The Balaban J connectivity index is 1.78. The number of halogens is 3. The first-order chi connectivity index (χ1) is 11.9. The zero-order valence-electron chi connectivity index (χ0n) is 12.9. The third-order valence-electron chi connectivity index (χ3n) is 4.58. The Morgan fingerprint density at radius 2 is 1.68 bits per heavy atom. The van der Waals surface area contributed by atoms with E-state index in [1.165, 1.54) is 12.1 Å². The van der Waals surface area contributed by atoms with Crippen molar-refractivity contribution in [3.63, 3.8) is 0 Å². The fraction of sp³-hybridized carbons (Fsp3) is 0.222. The molecule has 4 nitrogen and oxygen atoms in total. The van der Waals surface area contributed by atoms with Gasteiger partial charge in [0.15, 0.2) is 5.78 Å². The Morgan fingerprint density at radius 1 is 1.00 bits per heavy atom. The molecular formula is C18H13F3N2O2. The third kappa shape index (κ3) is 2.47. The summed E-state index contributed by atoms with van der Waals surface area (Å²) in [5.74, 6) is -0.373. The number of carbonyl (C=O) groups is 2. The molecule has 2 aromatic carbocycles. The van der Waals surface area contributed by atoms with E-state index >= 15 is 0 Å². The predicted octanol–water partition coefficient (Wildman–Crippen LogP) is 3.54. The molecule has 0 saturated carbocycles. The highest BCUT2D eigenvalue weighted by atomic mass is 19.4. The third-order valence-corrected chi connectivity index (χ3v) is 4.58. The molecule has 2 aromatic rings. The van der Waals surface area contributed by atoms with Crippen molar-refractivity contribution in [1.29, 1.82) is 0 Å². The molecule has 1 N–H and O–H groups in total. The van der Waals surface area contributed by atoms with Crippen molar-refractivity contribution in [1.82, 2.24) is 5.32 Å². The lowest BCUT2D eigenvalue weighted by molar-refractivity contribution is -0.137. The van der Waals surface area contributed by atoms with Gasteiger partial charge in [-0.25, -0.2) is 0 Å². The van der Waals surface area contributed by atoms with Crippen LogP contribution in [-0.2, 0) is 6.18 Å². The van der Waals surface area contributed by atoms with Gasteiger partial charge < -0.3 is 10.2 Å². The lowest BCUT2D eigenvalue weighted by Crippen LogP contribution is -2.49. The van der Waals surface area contributed by atoms with Crippen LogP contribution in [0.25, 0.3) is 0 Å². The molecule has 7 heteroatoms. The van der Waals surface area contributed by atoms with Crippen LogP contribution >= 0.6 is 0 Å². The van der Waals surface area contributed by atoms with Crippen LogP contribution in [-0.4, -0.2) is 18.2 Å². The highest BCUT2D eigenvalue weighted by Crippen LogP contribution is 2.39. The topological polar surface area (TPSA) is 49.4 Å². The average molecular weight is 346 g/mol. The molecule has 0 spiro atoms. The van der Waals surface area contributed by atoms with E-state index in [0.29, 0.717) is 35.3 Å². The van der Waals surface area contributed by atoms with E-state index in [0.717, 1.165) is 12.1 Å². The SMILES string of the molecule is O=C1CCN2c3c1cccc3C(=O)NC2c1ccc(C(F)(F)F)cc1. The first-order valence-electron chi connectivity index (χ1n) is 7.77. The Hall–Kier alpha value is -2.83. The van der Waals surface area contributed by atoms with Gasteiger partial charge in [-0.15, -0.1) is 0 Å². The number of anilines is 1. The number of nitrogens with one attached hydrogen (secondary N) is 1. The second kappa shape index (κ2) is 5.34. The van der Waals surface area contributed by atoms with Crippen molar-refractivity contribution in [3.05, 3.63) is 64.7 Å². The summed E-state index contributed by atoms with van der Waals surface area (Å²) in [6, 6.07) is 9.69. The van der Waals surface area contributed by atoms with E-state index in [9.17, 15) is 22.8 Å². The molecule has 0 saturated heterocycles. The van der Waals surface area contributed by atoms with Crippen LogP contribution in [0.1, 0.15) is 44.4 Å². The summed E-state index contributed by atoms with van der Waals surface area (Å²) >= 11 is 0. The van der Waals surface area contributed by atoms with E-state index in [4.69, 9.17) is 0 Å². The molecule has 1 unspecified atom stereocenters. The van der Waals surface area contributed by atoms with Crippen LogP contribution in [0.5, 0.6) is 0 Å². The fourth-order valence-electron chi connectivity index (χ4n) is 3.39. The lowest BCUT2D eigenvalue weighted by atomic mass is 9.92. The van der Waals surface area contributed by atoms with E-state index in [1.54, 1.807) is 18.2 Å². The molecule has 2 heterocycles. The van der Waals surface area contributed by atoms with Crippen molar-refractivity contribution in [2.45, 2.75) is 18.8 Å². The summed E-state index contributed by atoms with van der Waals surface area (Å²) in [6.07, 6.45) is -4.72. The van der Waals surface area contributed by atoms with Crippen molar-refractivity contribution in [2.75, 3.05) is 11.4 Å². The smallest absolute Gasteiger partial charge is 0.346 e. The molecule has 0 bridgehead atoms. The standard InChI is InChI=1S/C18H13F3N2O2/c19-18(20,21)11-6-4-10(5-7-11)16-22-17(25)13-3-1-2-12-14(24)8-9-23(16)15(12)13/h1-7,16H,8-9H2,(H,22,25). The maximum atomic E-state index is 12.8. The monoisotopic (exact) mass is 346 g/mol. The van der Waals surface area contributed by atoms with E-state index in [-0.39, 0.29) is 11.7 Å². The van der Waals surface area contributed by atoms with Crippen molar-refractivity contribution in [3.8, 4) is 0 Å². The van der Waals surface area contributed by atoms with Gasteiger partial charge in [0.25, 0.3) is 5.91 Å². The molecule has 2 aliphatic rings. The zero-order chi connectivity index (χ0) is 17.8. The Morgan fingerprint density at radius 3 is 2.36 bits per heavy atom. The highest BCUT2D eigenvalue weighted by Gasteiger charge is 2.38. The van der Waals surface area contributed by atoms with Gasteiger partial charge in [-0.3, -0.25) is 9.59 Å². The van der Waals surface area contributed by atoms with Crippen molar-refractivity contribution >= 4 is 17.4 Å². The van der Waals surface area contributed by atoms with Gasteiger partial charge >= 0.3 is 6.18 Å². The molecule has 2 aliphatic heterocycles. The number of amides is 1. The quantitative estimate of drug-likeness (QED) is 0.859. The number of ketones is 1. The summed E-state index contributed by atoms with van der Waals surface area (Å²) in [5.41, 5.74) is 1.25. The maximum Gasteiger partial charge on any atom is 0.416 e. The van der Waals surface area contributed by atoms with Crippen molar-refractivity contribution < 1.29 is 22.8 Å².